The Balaban J connectivity index is 1.95. The van der Waals surface area contributed by atoms with Crippen LogP contribution in [0.5, 0.6) is 0 Å². The number of anilines is 1. The molecule has 1 aliphatic heterocycles. The normalized spacial score (nSPS) is 21.8. The topological polar surface area (TPSA) is 31.4 Å². The Kier molecular flexibility index (Phi) is 5.19. The van der Waals surface area contributed by atoms with Gasteiger partial charge in [-0.15, -0.1) is 11.3 Å². The van der Waals surface area contributed by atoms with Crippen molar-refractivity contribution in [3.05, 3.63) is 11.1 Å². The van der Waals surface area contributed by atoms with Gasteiger partial charge in [0.05, 0.1) is 0 Å². The number of aromatic nitrogens is 1. The lowest BCUT2D eigenvalue weighted by Gasteiger charge is -2.27. The van der Waals surface area contributed by atoms with E-state index in [0.29, 0.717) is 12.1 Å². The summed E-state index contributed by atoms with van der Waals surface area (Å²) in [4.78, 5) is 10.8. The van der Waals surface area contributed by atoms with Gasteiger partial charge in [-0.3, -0.25) is 4.90 Å². The molecule has 108 valence electrons. The zero-order chi connectivity index (χ0) is 13.8. The first-order valence-electron chi connectivity index (χ1n) is 7.23. The van der Waals surface area contributed by atoms with E-state index >= 15 is 0 Å². The summed E-state index contributed by atoms with van der Waals surface area (Å²) in [7, 11) is 4.16. The Bertz CT molecular complexity index is 393. The van der Waals surface area contributed by atoms with Crippen molar-refractivity contribution in [2.45, 2.75) is 38.8 Å². The molecule has 2 unspecified atom stereocenters. The summed E-state index contributed by atoms with van der Waals surface area (Å²) in [5, 5.41) is 4.41. The van der Waals surface area contributed by atoms with Crippen molar-refractivity contribution in [3.63, 3.8) is 0 Å². The smallest absolute Gasteiger partial charge is 0.185 e. The molecule has 2 atom stereocenters. The number of hydrogen-bond acceptors (Lipinski definition) is 5. The minimum Gasteiger partial charge on any atom is -0.350 e. The fourth-order valence-corrected chi connectivity index (χ4v) is 3.65. The number of likely N-dealkylation sites (N-methyl/N-ethyl adjacent to an activating group) is 2. The molecule has 4 nitrogen and oxygen atoms in total. The molecule has 1 fully saturated rings. The lowest BCUT2D eigenvalue weighted by Crippen LogP contribution is -2.38. The minimum atomic E-state index is 0.387. The van der Waals surface area contributed by atoms with E-state index < -0.39 is 0 Å². The number of thiazole rings is 1. The SMILES string of the molecule is CCN1CCCC1CN(C)c1ncc(C(C)NC)s1. The molecule has 5 heteroatoms. The van der Waals surface area contributed by atoms with E-state index in [9.17, 15) is 0 Å². The van der Waals surface area contributed by atoms with Crippen molar-refractivity contribution in [1.29, 1.82) is 0 Å². The van der Waals surface area contributed by atoms with Crippen LogP contribution in [0.2, 0.25) is 0 Å². The molecule has 0 amide bonds. The number of nitrogens with one attached hydrogen (secondary N) is 1. The van der Waals surface area contributed by atoms with E-state index in [1.165, 1.54) is 30.8 Å². The Labute approximate surface area is 120 Å². The molecule has 0 saturated carbocycles. The zero-order valence-electron chi connectivity index (χ0n) is 12.5. The van der Waals surface area contributed by atoms with E-state index in [2.05, 4.69) is 41.0 Å². The Morgan fingerprint density at radius 2 is 2.42 bits per heavy atom. The maximum atomic E-state index is 4.56. The second-order valence-corrected chi connectivity index (χ2v) is 6.40. The van der Waals surface area contributed by atoms with Crippen LogP contribution in [0.4, 0.5) is 5.13 Å². The van der Waals surface area contributed by atoms with Crippen LogP contribution in [0.25, 0.3) is 0 Å². The van der Waals surface area contributed by atoms with Gasteiger partial charge < -0.3 is 10.2 Å². The fraction of sp³-hybridized carbons (Fsp3) is 0.786. The Hall–Kier alpha value is -0.650. The van der Waals surface area contributed by atoms with E-state index in [0.717, 1.165) is 11.7 Å². The highest BCUT2D eigenvalue weighted by atomic mass is 32.1. The van der Waals surface area contributed by atoms with Crippen molar-refractivity contribution in [3.8, 4) is 0 Å². The summed E-state index contributed by atoms with van der Waals surface area (Å²) in [5.41, 5.74) is 0. The van der Waals surface area contributed by atoms with Gasteiger partial charge >= 0.3 is 0 Å². The van der Waals surface area contributed by atoms with E-state index in [1.54, 1.807) is 11.3 Å². The first-order chi connectivity index (χ1) is 9.15. The molecular formula is C14H26N4S. The lowest BCUT2D eigenvalue weighted by atomic mass is 10.2. The van der Waals surface area contributed by atoms with Crippen molar-refractivity contribution in [2.24, 2.45) is 0 Å². The highest BCUT2D eigenvalue weighted by Crippen LogP contribution is 2.27. The van der Waals surface area contributed by atoms with Gasteiger partial charge in [0.15, 0.2) is 5.13 Å². The van der Waals surface area contributed by atoms with E-state index in [4.69, 9.17) is 0 Å². The third-order valence-electron chi connectivity index (χ3n) is 4.09. The summed E-state index contributed by atoms with van der Waals surface area (Å²) < 4.78 is 0. The molecule has 1 aliphatic rings. The van der Waals surface area contributed by atoms with Crippen molar-refractivity contribution in [1.82, 2.24) is 15.2 Å². The summed E-state index contributed by atoms with van der Waals surface area (Å²) >= 11 is 1.80. The molecule has 1 saturated heterocycles. The second kappa shape index (κ2) is 6.68. The highest BCUT2D eigenvalue weighted by Gasteiger charge is 2.25. The van der Waals surface area contributed by atoms with Crippen LogP contribution >= 0.6 is 11.3 Å². The fourth-order valence-electron chi connectivity index (χ4n) is 2.71. The number of nitrogens with zero attached hydrogens (tertiary/aromatic N) is 3. The third-order valence-corrected chi connectivity index (χ3v) is 5.38. The monoisotopic (exact) mass is 282 g/mol. The van der Waals surface area contributed by atoms with Gasteiger partial charge in [-0.2, -0.15) is 0 Å². The summed E-state index contributed by atoms with van der Waals surface area (Å²) in [6.07, 6.45) is 4.67. The van der Waals surface area contributed by atoms with Gasteiger partial charge in [-0.25, -0.2) is 4.98 Å². The molecule has 1 N–H and O–H groups in total. The van der Waals surface area contributed by atoms with Crippen molar-refractivity contribution >= 4 is 16.5 Å². The molecule has 0 aromatic carbocycles. The molecule has 0 spiro atoms. The largest absolute Gasteiger partial charge is 0.350 e. The maximum absolute atomic E-state index is 4.56. The van der Waals surface area contributed by atoms with E-state index in [-0.39, 0.29) is 0 Å². The van der Waals surface area contributed by atoms with E-state index in [1.807, 2.05) is 13.2 Å². The predicted molar refractivity (Wildman–Crippen MR) is 83.1 cm³/mol. The second-order valence-electron chi connectivity index (χ2n) is 5.36. The van der Waals surface area contributed by atoms with Crippen molar-refractivity contribution < 1.29 is 0 Å². The Morgan fingerprint density at radius 1 is 1.63 bits per heavy atom. The van der Waals surface area contributed by atoms with Gasteiger partial charge in [-0.05, 0) is 39.9 Å². The van der Waals surface area contributed by atoms with Crippen LogP contribution in [0.3, 0.4) is 0 Å². The average molecular weight is 282 g/mol. The molecule has 0 aliphatic carbocycles. The van der Waals surface area contributed by atoms with Crippen LogP contribution in [-0.2, 0) is 0 Å². The summed E-state index contributed by atoms with van der Waals surface area (Å²) in [6, 6.07) is 1.09. The van der Waals surface area contributed by atoms with Gasteiger partial charge in [0, 0.05) is 36.8 Å². The predicted octanol–water partition coefficient (Wildman–Crippen LogP) is 2.34. The first kappa shape index (κ1) is 14.8. The number of hydrogen-bond donors (Lipinski definition) is 1. The summed E-state index contributed by atoms with van der Waals surface area (Å²) in [6.45, 7) is 7.95. The first-order valence-corrected chi connectivity index (χ1v) is 8.05. The average Bonchev–Trinajstić information content (AvgIpc) is 3.06. The molecule has 1 aromatic heterocycles. The van der Waals surface area contributed by atoms with Crippen LogP contribution < -0.4 is 10.2 Å². The molecule has 19 heavy (non-hydrogen) atoms. The number of rotatable bonds is 6. The van der Waals surface area contributed by atoms with Gasteiger partial charge in [0.25, 0.3) is 0 Å². The summed E-state index contributed by atoms with van der Waals surface area (Å²) in [5.74, 6) is 0. The lowest BCUT2D eigenvalue weighted by molar-refractivity contribution is 0.270. The molecule has 2 heterocycles. The molecule has 0 bridgehead atoms. The third kappa shape index (κ3) is 3.46. The van der Waals surface area contributed by atoms with Gasteiger partial charge in [-0.1, -0.05) is 6.92 Å². The van der Waals surface area contributed by atoms with Crippen molar-refractivity contribution in [2.75, 3.05) is 38.6 Å². The van der Waals surface area contributed by atoms with Crippen LogP contribution in [0.15, 0.2) is 6.20 Å². The molecule has 0 radical (unpaired) electrons. The quantitative estimate of drug-likeness (QED) is 0.868. The van der Waals surface area contributed by atoms with Crippen LogP contribution in [0.1, 0.15) is 37.6 Å². The van der Waals surface area contributed by atoms with Crippen LogP contribution in [-0.4, -0.2) is 49.7 Å². The highest BCUT2D eigenvalue weighted by molar-refractivity contribution is 7.15. The zero-order valence-corrected chi connectivity index (χ0v) is 13.3. The molecular weight excluding hydrogens is 256 g/mol. The maximum Gasteiger partial charge on any atom is 0.185 e. The standard InChI is InChI=1S/C14H26N4S/c1-5-18-8-6-7-12(18)10-17(4)14-16-9-13(19-14)11(2)15-3/h9,11-12,15H,5-8,10H2,1-4H3. The van der Waals surface area contributed by atoms with Gasteiger partial charge in [0.1, 0.15) is 0 Å². The van der Waals surface area contributed by atoms with Crippen LogP contribution in [0, 0.1) is 0 Å². The minimum absolute atomic E-state index is 0.387. The Morgan fingerprint density at radius 3 is 3.11 bits per heavy atom. The van der Waals surface area contributed by atoms with Gasteiger partial charge in [0.2, 0.25) is 0 Å². The molecule has 1 aromatic rings. The number of likely N-dealkylation sites (tertiary alicyclic amines) is 1. The molecule has 2 rings (SSSR count).